The van der Waals surface area contributed by atoms with Gasteiger partial charge in [-0.1, -0.05) is 0 Å². The summed E-state index contributed by atoms with van der Waals surface area (Å²) >= 11 is 0. The minimum Gasteiger partial charge on any atom is -0.341 e. The van der Waals surface area contributed by atoms with Gasteiger partial charge in [0.1, 0.15) is 0 Å². The molecule has 19 heavy (non-hydrogen) atoms. The maximum absolute atomic E-state index is 12.2. The molecule has 2 unspecified atom stereocenters. The van der Waals surface area contributed by atoms with Crippen LogP contribution in [0.3, 0.4) is 0 Å². The van der Waals surface area contributed by atoms with Crippen LogP contribution in [0.15, 0.2) is 0 Å². The van der Waals surface area contributed by atoms with E-state index in [0.29, 0.717) is 12.3 Å². The first-order valence-corrected chi connectivity index (χ1v) is 6.89. The first kappa shape index (κ1) is 16.2. The van der Waals surface area contributed by atoms with Crippen molar-refractivity contribution in [1.82, 2.24) is 9.80 Å². The number of hydrogen-bond donors (Lipinski definition) is 1. The second kappa shape index (κ2) is 7.10. The van der Waals surface area contributed by atoms with Crippen LogP contribution in [0, 0.1) is 5.92 Å². The number of piperidine rings is 1. The molecule has 2 atom stereocenters. The molecule has 0 spiro atoms. The van der Waals surface area contributed by atoms with Crippen LogP contribution < -0.4 is 5.73 Å². The number of carbonyl (C=O) groups excluding carboxylic acids is 2. The van der Waals surface area contributed by atoms with Gasteiger partial charge in [0.15, 0.2) is 0 Å². The molecule has 2 aliphatic heterocycles. The number of likely N-dealkylation sites (tertiary alicyclic amines) is 2. The van der Waals surface area contributed by atoms with Crippen molar-refractivity contribution < 1.29 is 9.59 Å². The third-order valence-electron chi connectivity index (χ3n) is 4.05. The summed E-state index contributed by atoms with van der Waals surface area (Å²) in [5, 5.41) is 0. The molecule has 2 fully saturated rings. The fraction of sp³-hybridized carbons (Fsp3) is 0.846. The quantitative estimate of drug-likeness (QED) is 0.828. The van der Waals surface area contributed by atoms with Crippen LogP contribution in [0.4, 0.5) is 0 Å². The van der Waals surface area contributed by atoms with Gasteiger partial charge in [0, 0.05) is 32.1 Å². The normalized spacial score (nSPS) is 25.2. The molecule has 2 saturated heterocycles. The summed E-state index contributed by atoms with van der Waals surface area (Å²) in [6.07, 6.45) is 3.60. The fourth-order valence-electron chi connectivity index (χ4n) is 2.80. The summed E-state index contributed by atoms with van der Waals surface area (Å²) in [7, 11) is 0. The van der Waals surface area contributed by atoms with Crippen molar-refractivity contribution in [3.63, 3.8) is 0 Å². The van der Waals surface area contributed by atoms with Crippen LogP contribution in [-0.4, -0.2) is 53.8 Å². The second-order valence-electron chi connectivity index (χ2n) is 5.52. The lowest BCUT2D eigenvalue weighted by atomic mass is 9.92. The number of nitrogens with zero attached hydrogens (tertiary/aromatic N) is 2. The number of nitrogens with two attached hydrogens (primary N) is 1. The van der Waals surface area contributed by atoms with E-state index in [1.54, 1.807) is 4.90 Å². The number of rotatable bonds is 3. The molecule has 0 aliphatic carbocycles. The van der Waals surface area contributed by atoms with E-state index in [-0.39, 0.29) is 36.8 Å². The fourth-order valence-corrected chi connectivity index (χ4v) is 2.80. The van der Waals surface area contributed by atoms with Gasteiger partial charge >= 0.3 is 0 Å². The Bertz CT molecular complexity index is 336. The van der Waals surface area contributed by atoms with Crippen LogP contribution in [0.25, 0.3) is 0 Å². The smallest absolute Gasteiger partial charge is 0.242 e. The van der Waals surface area contributed by atoms with Crippen molar-refractivity contribution in [2.75, 3.05) is 26.2 Å². The van der Waals surface area contributed by atoms with E-state index in [9.17, 15) is 9.59 Å². The zero-order valence-electron chi connectivity index (χ0n) is 11.5. The number of halogens is 1. The standard InChI is InChI=1S/C13H23N3O2.ClH/c1-10(14)11-4-2-6-15(8-11)13(18)9-16-7-3-5-12(16)17;/h10-11H,2-9,14H2,1H3;1H. The van der Waals surface area contributed by atoms with E-state index in [1.807, 2.05) is 11.8 Å². The van der Waals surface area contributed by atoms with Crippen LogP contribution in [0.5, 0.6) is 0 Å². The summed E-state index contributed by atoms with van der Waals surface area (Å²) in [4.78, 5) is 27.2. The molecule has 2 amide bonds. The third-order valence-corrected chi connectivity index (χ3v) is 4.05. The van der Waals surface area contributed by atoms with Crippen LogP contribution in [0.1, 0.15) is 32.6 Å². The molecule has 2 rings (SSSR count). The Hall–Kier alpha value is -0.810. The molecule has 0 aromatic heterocycles. The highest BCUT2D eigenvalue weighted by molar-refractivity contribution is 5.86. The highest BCUT2D eigenvalue weighted by Crippen LogP contribution is 2.19. The van der Waals surface area contributed by atoms with Gasteiger partial charge in [-0.15, -0.1) is 12.4 Å². The number of carbonyl (C=O) groups is 2. The molecular weight excluding hydrogens is 266 g/mol. The molecule has 0 aromatic rings. The predicted molar refractivity (Wildman–Crippen MR) is 76.0 cm³/mol. The molecule has 110 valence electrons. The van der Waals surface area contributed by atoms with Gasteiger partial charge < -0.3 is 15.5 Å². The average molecular weight is 290 g/mol. The number of hydrogen-bond acceptors (Lipinski definition) is 3. The first-order valence-electron chi connectivity index (χ1n) is 6.89. The second-order valence-corrected chi connectivity index (χ2v) is 5.52. The average Bonchev–Trinajstić information content (AvgIpc) is 2.75. The van der Waals surface area contributed by atoms with E-state index in [2.05, 4.69) is 0 Å². The molecule has 6 heteroatoms. The Kier molecular flexibility index (Phi) is 6.07. The minimum atomic E-state index is 0. The van der Waals surface area contributed by atoms with Crippen LogP contribution >= 0.6 is 12.4 Å². The molecule has 0 aromatic carbocycles. The predicted octanol–water partition coefficient (Wildman–Crippen LogP) is 0.616. The number of amides is 2. The van der Waals surface area contributed by atoms with Gasteiger partial charge in [-0.25, -0.2) is 0 Å². The highest BCUT2D eigenvalue weighted by atomic mass is 35.5. The molecule has 0 saturated carbocycles. The maximum Gasteiger partial charge on any atom is 0.242 e. The Morgan fingerprint density at radius 3 is 2.74 bits per heavy atom. The molecular formula is C13H24ClN3O2. The third kappa shape index (κ3) is 4.08. The van der Waals surface area contributed by atoms with Crippen molar-refractivity contribution in [1.29, 1.82) is 0 Å². The Morgan fingerprint density at radius 2 is 2.16 bits per heavy atom. The zero-order chi connectivity index (χ0) is 13.1. The van der Waals surface area contributed by atoms with Crippen molar-refractivity contribution >= 4 is 24.2 Å². The van der Waals surface area contributed by atoms with Gasteiger partial charge in [0.05, 0.1) is 6.54 Å². The molecule has 0 bridgehead atoms. The maximum atomic E-state index is 12.2. The van der Waals surface area contributed by atoms with Crippen LogP contribution in [-0.2, 0) is 9.59 Å². The van der Waals surface area contributed by atoms with E-state index in [4.69, 9.17) is 5.73 Å². The monoisotopic (exact) mass is 289 g/mol. The van der Waals surface area contributed by atoms with E-state index in [1.165, 1.54) is 0 Å². The molecule has 2 heterocycles. The highest BCUT2D eigenvalue weighted by Gasteiger charge is 2.29. The summed E-state index contributed by atoms with van der Waals surface area (Å²) in [6.45, 7) is 4.55. The SMILES string of the molecule is CC(N)C1CCCN(C(=O)CN2CCCC2=O)C1.Cl. The summed E-state index contributed by atoms with van der Waals surface area (Å²) in [5.41, 5.74) is 5.91. The summed E-state index contributed by atoms with van der Waals surface area (Å²) < 4.78 is 0. The van der Waals surface area contributed by atoms with Crippen molar-refractivity contribution in [3.8, 4) is 0 Å². The van der Waals surface area contributed by atoms with E-state index < -0.39 is 0 Å². The zero-order valence-corrected chi connectivity index (χ0v) is 12.3. The van der Waals surface area contributed by atoms with Gasteiger partial charge in [-0.05, 0) is 32.1 Å². The molecule has 5 nitrogen and oxygen atoms in total. The van der Waals surface area contributed by atoms with E-state index in [0.717, 1.165) is 38.9 Å². The van der Waals surface area contributed by atoms with Crippen LogP contribution in [0.2, 0.25) is 0 Å². The molecule has 0 radical (unpaired) electrons. The van der Waals surface area contributed by atoms with Gasteiger partial charge in [0.2, 0.25) is 11.8 Å². The largest absolute Gasteiger partial charge is 0.341 e. The lowest BCUT2D eigenvalue weighted by Crippen LogP contribution is -2.48. The molecule has 2 aliphatic rings. The van der Waals surface area contributed by atoms with E-state index >= 15 is 0 Å². The lowest BCUT2D eigenvalue weighted by Gasteiger charge is -2.35. The summed E-state index contributed by atoms with van der Waals surface area (Å²) in [5.74, 6) is 0.594. The van der Waals surface area contributed by atoms with Crippen molar-refractivity contribution in [3.05, 3.63) is 0 Å². The lowest BCUT2D eigenvalue weighted by molar-refractivity contribution is -0.139. The topological polar surface area (TPSA) is 66.6 Å². The van der Waals surface area contributed by atoms with Gasteiger partial charge in [-0.3, -0.25) is 9.59 Å². The van der Waals surface area contributed by atoms with Crippen molar-refractivity contribution in [2.24, 2.45) is 11.7 Å². The summed E-state index contributed by atoms with van der Waals surface area (Å²) in [6, 6.07) is 0.133. The minimum absolute atomic E-state index is 0. The Labute approximate surface area is 120 Å². The van der Waals surface area contributed by atoms with Crippen molar-refractivity contribution in [2.45, 2.75) is 38.6 Å². The van der Waals surface area contributed by atoms with Gasteiger partial charge in [-0.2, -0.15) is 0 Å². The first-order chi connectivity index (χ1) is 8.58. The Morgan fingerprint density at radius 1 is 1.42 bits per heavy atom. The Balaban J connectivity index is 0.00000180. The molecule has 2 N–H and O–H groups in total. The van der Waals surface area contributed by atoms with Gasteiger partial charge in [0.25, 0.3) is 0 Å².